The summed E-state index contributed by atoms with van der Waals surface area (Å²) < 4.78 is 6.41. The van der Waals surface area contributed by atoms with Crippen LogP contribution in [0.25, 0.3) is 5.32 Å². The Bertz CT molecular complexity index is 89.0. The van der Waals surface area contributed by atoms with Crippen LogP contribution < -0.4 is 0 Å². The number of rotatable bonds is 0. The fourth-order valence-electron chi connectivity index (χ4n) is 0.575. The van der Waals surface area contributed by atoms with Crippen LogP contribution in [0.2, 0.25) is 0 Å². The van der Waals surface area contributed by atoms with Gasteiger partial charge in [-0.3, -0.25) is 0 Å². The van der Waals surface area contributed by atoms with Gasteiger partial charge in [-0.25, -0.2) is 0 Å². The predicted octanol–water partition coefficient (Wildman–Crippen LogP) is 0.457. The first kappa shape index (κ1) is 10.5. The van der Waals surface area contributed by atoms with Crippen molar-refractivity contribution in [2.45, 2.75) is 6.42 Å². The second-order valence-electron chi connectivity index (χ2n) is 1.68. The molecule has 9 heavy (non-hydrogen) atoms. The summed E-state index contributed by atoms with van der Waals surface area (Å²) in [4.78, 5) is 0. The van der Waals surface area contributed by atoms with E-state index in [1.165, 1.54) is 23.4 Å². The fraction of sp³-hybridized carbons (Fsp3) is 0.800. The Balaban J connectivity index is 0.000000640. The van der Waals surface area contributed by atoms with Gasteiger partial charge in [0.25, 0.3) is 0 Å². The zero-order chi connectivity index (χ0) is 5.82. The van der Waals surface area contributed by atoms with Crippen molar-refractivity contribution < 1.29 is 55.2 Å². The Morgan fingerprint density at radius 1 is 1.56 bits per heavy atom. The van der Waals surface area contributed by atoms with Gasteiger partial charge in [0.15, 0.2) is 0 Å². The topological polar surface area (TPSA) is 23.3 Å². The van der Waals surface area contributed by atoms with Crippen LogP contribution in [-0.2, 0) is 24.1 Å². The van der Waals surface area contributed by atoms with Gasteiger partial charge < -0.3 is 0 Å². The SMILES string of the molecule is [U].[W]=[C]1COCCC[N-]1. The first-order chi connectivity index (χ1) is 3.89. The zero-order valence-electron chi connectivity index (χ0n) is 5.09. The number of nitrogens with zero attached hydrogens (tertiary/aromatic N) is 1. The fourth-order valence-corrected chi connectivity index (χ4v) is 1.20. The standard InChI is InChI=1S/C5H8NO.U.W/c1-2-6-3-5-7-4-1;;/h1-2,4-5H2;;/q-1;;. The van der Waals surface area contributed by atoms with Gasteiger partial charge in [0, 0.05) is 31.1 Å². The van der Waals surface area contributed by atoms with E-state index < -0.39 is 0 Å². The van der Waals surface area contributed by atoms with Gasteiger partial charge in [-0.1, -0.05) is 0 Å². The summed E-state index contributed by atoms with van der Waals surface area (Å²) in [5.41, 5.74) is 0. The minimum atomic E-state index is 0. The molecule has 1 saturated heterocycles. The van der Waals surface area contributed by atoms with E-state index in [9.17, 15) is 0 Å². The van der Waals surface area contributed by atoms with E-state index in [4.69, 9.17) is 4.74 Å². The predicted molar refractivity (Wildman–Crippen MR) is 28.7 cm³/mol. The van der Waals surface area contributed by atoms with Gasteiger partial charge >= 0.3 is 59.6 Å². The Hall–Kier alpha value is 1.53. The molecule has 0 bridgehead atoms. The van der Waals surface area contributed by atoms with E-state index in [2.05, 4.69) is 5.32 Å². The van der Waals surface area contributed by atoms with Crippen LogP contribution in [0.15, 0.2) is 0 Å². The van der Waals surface area contributed by atoms with E-state index in [-0.39, 0.29) is 31.1 Å². The van der Waals surface area contributed by atoms with Crippen molar-refractivity contribution in [2.75, 3.05) is 19.8 Å². The summed E-state index contributed by atoms with van der Waals surface area (Å²) in [5.74, 6) is 0. The van der Waals surface area contributed by atoms with Gasteiger partial charge in [-0.15, -0.1) is 0 Å². The average Bonchev–Trinajstić information content (AvgIpc) is 1.94. The van der Waals surface area contributed by atoms with Gasteiger partial charge in [0.05, 0.1) is 0 Å². The number of hydrogen-bond donors (Lipinski definition) is 0. The summed E-state index contributed by atoms with van der Waals surface area (Å²) in [7, 11) is 0. The van der Waals surface area contributed by atoms with Crippen molar-refractivity contribution >= 4 is 4.02 Å². The van der Waals surface area contributed by atoms with Gasteiger partial charge in [0.2, 0.25) is 0 Å². The van der Waals surface area contributed by atoms with Gasteiger partial charge in [-0.05, 0) is 0 Å². The molecule has 1 aliphatic heterocycles. The van der Waals surface area contributed by atoms with Gasteiger partial charge in [-0.2, -0.15) is 0 Å². The number of ether oxygens (including phenoxy) is 1. The first-order valence-electron chi connectivity index (χ1n) is 2.67. The van der Waals surface area contributed by atoms with Crippen molar-refractivity contribution in [3.8, 4) is 0 Å². The molecular weight excluding hydrogens is 512 g/mol. The molecule has 0 atom stereocenters. The zero-order valence-corrected chi connectivity index (χ0v) is 12.2. The molecule has 0 N–H and O–H groups in total. The third-order valence-electron chi connectivity index (χ3n) is 0.960. The Kier molecular flexibility index (Phi) is 7.32. The Labute approximate surface area is 89.9 Å². The molecule has 0 aliphatic carbocycles. The van der Waals surface area contributed by atoms with Crippen molar-refractivity contribution in [3.63, 3.8) is 0 Å². The molecule has 2 nitrogen and oxygen atoms in total. The molecule has 50 valence electrons. The maximum atomic E-state index is 5.20. The molecular formula is C5H8NOUW-. The van der Waals surface area contributed by atoms with E-state index in [0.717, 1.165) is 26.2 Å². The monoisotopic (exact) mass is 520 g/mol. The molecule has 0 amide bonds. The maximum absolute atomic E-state index is 5.20. The normalized spacial score (nSPS) is 20.2. The summed E-state index contributed by atoms with van der Waals surface area (Å²) in [6.45, 7) is 2.63. The molecule has 0 aromatic rings. The quantitative estimate of drug-likeness (QED) is 0.456. The second-order valence-corrected chi connectivity index (χ2v) is 3.37. The molecule has 0 aromatic carbocycles. The Morgan fingerprint density at radius 2 is 2.33 bits per heavy atom. The van der Waals surface area contributed by atoms with Crippen LogP contribution in [0, 0.1) is 31.1 Å². The van der Waals surface area contributed by atoms with Gasteiger partial charge in [0.1, 0.15) is 0 Å². The second kappa shape index (κ2) is 6.25. The molecule has 0 aromatic heterocycles. The molecule has 1 fully saturated rings. The summed E-state index contributed by atoms with van der Waals surface area (Å²) in [6.07, 6.45) is 1.09. The van der Waals surface area contributed by atoms with Crippen molar-refractivity contribution in [1.29, 1.82) is 0 Å². The van der Waals surface area contributed by atoms with Crippen molar-refractivity contribution in [2.24, 2.45) is 0 Å². The first-order valence-corrected chi connectivity index (χ1v) is 4.14. The molecule has 0 unspecified atom stereocenters. The molecule has 1 heterocycles. The average molecular weight is 520 g/mol. The van der Waals surface area contributed by atoms with Crippen LogP contribution in [0.4, 0.5) is 0 Å². The molecule has 0 saturated carbocycles. The van der Waals surface area contributed by atoms with Crippen LogP contribution >= 0.6 is 0 Å². The van der Waals surface area contributed by atoms with Crippen LogP contribution in [0.1, 0.15) is 6.42 Å². The third kappa shape index (κ3) is 4.87. The number of hydrogen-bond acceptors (Lipinski definition) is 1. The molecule has 0 radical (unpaired) electrons. The van der Waals surface area contributed by atoms with Crippen LogP contribution in [0.5, 0.6) is 0 Å². The molecule has 4 heteroatoms. The van der Waals surface area contributed by atoms with E-state index in [0.29, 0.717) is 0 Å². The van der Waals surface area contributed by atoms with E-state index in [1.54, 1.807) is 0 Å². The summed E-state index contributed by atoms with van der Waals surface area (Å²) >= 11 is 1.45. The van der Waals surface area contributed by atoms with Crippen LogP contribution in [-0.4, -0.2) is 23.8 Å². The van der Waals surface area contributed by atoms with E-state index >= 15 is 0 Å². The molecule has 1 rings (SSSR count). The Morgan fingerprint density at radius 3 is 3.11 bits per heavy atom. The van der Waals surface area contributed by atoms with Crippen molar-refractivity contribution in [1.82, 2.24) is 0 Å². The molecule has 0 spiro atoms. The summed E-state index contributed by atoms with van der Waals surface area (Å²) in [6, 6.07) is 0. The van der Waals surface area contributed by atoms with Crippen LogP contribution in [0.3, 0.4) is 0 Å². The molecule has 1 aliphatic rings. The minimum absolute atomic E-state index is 0. The third-order valence-corrected chi connectivity index (χ3v) is 1.85. The van der Waals surface area contributed by atoms with E-state index in [1.807, 2.05) is 0 Å². The van der Waals surface area contributed by atoms with Crippen molar-refractivity contribution in [3.05, 3.63) is 5.32 Å². The summed E-state index contributed by atoms with van der Waals surface area (Å²) in [5, 5.41) is 4.25.